The zero-order chi connectivity index (χ0) is 48.2. The molecule has 8 fully saturated rings. The van der Waals surface area contributed by atoms with Crippen molar-refractivity contribution in [3.63, 3.8) is 0 Å². The Morgan fingerprint density at radius 1 is 0.576 bits per heavy atom. The molecule has 25 unspecified atom stereocenters. The number of carbonyl (C=O) groups is 1. The minimum absolute atomic E-state index is 0.00855. The minimum Gasteiger partial charge on any atom is -0.432 e. The van der Waals surface area contributed by atoms with Crippen LogP contribution in [0.1, 0.15) is 106 Å². The van der Waals surface area contributed by atoms with Gasteiger partial charge in [0, 0.05) is 0 Å². The molecule has 66 heavy (non-hydrogen) atoms. The largest absolute Gasteiger partial charge is 0.432 e. The molecule has 0 aromatic carbocycles. The first-order valence-electron chi connectivity index (χ1n) is 24.4. The van der Waals surface area contributed by atoms with Crippen molar-refractivity contribution in [2.24, 2.45) is 56.7 Å². The van der Waals surface area contributed by atoms with E-state index in [1.807, 2.05) is 6.92 Å². The van der Waals surface area contributed by atoms with Crippen molar-refractivity contribution in [2.75, 3.05) is 19.8 Å². The van der Waals surface area contributed by atoms with Crippen molar-refractivity contribution in [2.45, 2.75) is 204 Å². The molecule has 0 amide bonds. The van der Waals surface area contributed by atoms with Crippen LogP contribution < -0.4 is 0 Å². The van der Waals surface area contributed by atoms with Crippen LogP contribution in [-0.4, -0.2) is 180 Å². The third-order valence-electron chi connectivity index (χ3n) is 19.7. The summed E-state index contributed by atoms with van der Waals surface area (Å²) in [5.41, 5.74) is -0.754. The topological polar surface area (TPSA) is 295 Å². The van der Waals surface area contributed by atoms with Crippen LogP contribution in [0, 0.1) is 56.7 Å². The molecule has 8 rings (SSSR count). The van der Waals surface area contributed by atoms with Crippen molar-refractivity contribution in [3.05, 3.63) is 12.2 Å². The Labute approximate surface area is 387 Å². The number of allylic oxidation sites excluding steroid dienone is 1. The Hall–Kier alpha value is -1.43. The lowest BCUT2D eigenvalue weighted by atomic mass is 9.32. The van der Waals surface area contributed by atoms with Gasteiger partial charge in [-0.25, -0.2) is 0 Å². The molecule has 5 aliphatic carbocycles. The molecule has 18 nitrogen and oxygen atoms in total. The maximum Gasteiger partial charge on any atom is 0.314 e. The molecule has 3 aliphatic heterocycles. The van der Waals surface area contributed by atoms with E-state index in [9.17, 15) is 56.2 Å². The molecule has 5 saturated carbocycles. The first-order valence-corrected chi connectivity index (χ1v) is 24.4. The Balaban J connectivity index is 1.04. The number of ether oxygens (including phenoxy) is 6. The van der Waals surface area contributed by atoms with E-state index in [0.29, 0.717) is 31.6 Å². The van der Waals surface area contributed by atoms with E-state index < -0.39 is 123 Å². The highest BCUT2D eigenvalue weighted by Gasteiger charge is 2.73. The van der Waals surface area contributed by atoms with Gasteiger partial charge in [0.05, 0.1) is 31.3 Å². The standard InChI is InChI=1S/C48H78O18/c1-21(2)22-10-15-48(43(60)66-42-39(36(57)33(54)26(20-51)63-42)65-41-38(59)35(56)32(53)25(19-50)62-41)17-16-46(6)23(30(22)48)8-9-28-45(5)13-12-29(44(3,4)27(45)11-14-47(28,46)7)64-40-37(58)34(55)31(52)24(18-49)61-40/h22-42,49-59H,1,8-20H2,2-7H3. The first kappa shape index (κ1) is 50.9. The summed E-state index contributed by atoms with van der Waals surface area (Å²) in [6.07, 6.45) is -16.1. The highest BCUT2D eigenvalue weighted by molar-refractivity contribution is 5.78. The monoisotopic (exact) mass is 943 g/mol. The smallest absolute Gasteiger partial charge is 0.314 e. The average molecular weight is 943 g/mol. The van der Waals surface area contributed by atoms with E-state index in [-0.39, 0.29) is 51.4 Å². The fourth-order valence-corrected chi connectivity index (χ4v) is 15.9. The van der Waals surface area contributed by atoms with Crippen molar-refractivity contribution in [3.8, 4) is 0 Å². The molecule has 378 valence electrons. The molecule has 0 bridgehead atoms. The molecule has 0 aromatic rings. The lowest BCUT2D eigenvalue weighted by Gasteiger charge is -2.73. The number of hydrogen-bond acceptors (Lipinski definition) is 18. The Bertz CT molecular complexity index is 1760. The Kier molecular flexibility index (Phi) is 14.1. The summed E-state index contributed by atoms with van der Waals surface area (Å²) in [4.78, 5) is 15.2. The van der Waals surface area contributed by atoms with E-state index >= 15 is 4.79 Å². The van der Waals surface area contributed by atoms with Crippen LogP contribution >= 0.6 is 0 Å². The van der Waals surface area contributed by atoms with Crippen LogP contribution in [0.3, 0.4) is 0 Å². The molecule has 25 atom stereocenters. The predicted octanol–water partition coefficient (Wildman–Crippen LogP) is -0.00360. The van der Waals surface area contributed by atoms with Gasteiger partial charge in [-0.15, -0.1) is 0 Å². The third-order valence-corrected chi connectivity index (χ3v) is 19.7. The van der Waals surface area contributed by atoms with Gasteiger partial charge in [0.15, 0.2) is 18.7 Å². The normalized spacial score (nSPS) is 54.6. The lowest BCUT2D eigenvalue weighted by molar-refractivity contribution is -0.363. The van der Waals surface area contributed by atoms with Crippen LogP contribution in [0.15, 0.2) is 12.2 Å². The van der Waals surface area contributed by atoms with E-state index in [1.165, 1.54) is 0 Å². The molecular formula is C48H78O18. The van der Waals surface area contributed by atoms with Crippen molar-refractivity contribution in [1.82, 2.24) is 0 Å². The highest BCUT2D eigenvalue weighted by atomic mass is 16.8. The number of fused-ring (bicyclic) bond motifs is 7. The van der Waals surface area contributed by atoms with Gasteiger partial charge in [-0.3, -0.25) is 4.79 Å². The minimum atomic E-state index is -1.86. The highest BCUT2D eigenvalue weighted by Crippen LogP contribution is 2.78. The fraction of sp³-hybridized carbons (Fsp3) is 0.938. The van der Waals surface area contributed by atoms with Crippen LogP contribution in [-0.2, 0) is 33.2 Å². The fourth-order valence-electron chi connectivity index (χ4n) is 15.9. The van der Waals surface area contributed by atoms with E-state index in [4.69, 9.17) is 28.4 Å². The SMILES string of the molecule is C=C(C)C1CCC2(C(=O)OC3OC(CO)C(O)C(O)C3OC3OC(CO)C(O)C(O)C3O)CCC3(C)C(CCC4C5(C)CCC(OC6OC(CO)C(O)C(O)C6O)C(C)(C)C5CCC43C)C12. The van der Waals surface area contributed by atoms with Gasteiger partial charge >= 0.3 is 5.97 Å². The number of rotatable bonds is 10. The molecule has 11 N–H and O–H groups in total. The number of esters is 1. The van der Waals surface area contributed by atoms with Gasteiger partial charge in [-0.1, -0.05) is 46.8 Å². The summed E-state index contributed by atoms with van der Waals surface area (Å²) in [7, 11) is 0. The van der Waals surface area contributed by atoms with Gasteiger partial charge in [0.2, 0.25) is 6.29 Å². The first-order chi connectivity index (χ1) is 31.0. The predicted molar refractivity (Wildman–Crippen MR) is 230 cm³/mol. The lowest BCUT2D eigenvalue weighted by Crippen LogP contribution is -2.68. The van der Waals surface area contributed by atoms with Crippen LogP contribution in [0.5, 0.6) is 0 Å². The van der Waals surface area contributed by atoms with Gasteiger partial charge < -0.3 is 84.6 Å². The molecule has 3 heterocycles. The average Bonchev–Trinajstić information content (AvgIpc) is 3.69. The summed E-state index contributed by atoms with van der Waals surface area (Å²) in [5, 5.41) is 115. The Morgan fingerprint density at radius 2 is 1.12 bits per heavy atom. The van der Waals surface area contributed by atoms with Crippen molar-refractivity contribution < 1.29 is 89.4 Å². The van der Waals surface area contributed by atoms with Crippen LogP contribution in [0.4, 0.5) is 0 Å². The van der Waals surface area contributed by atoms with E-state index in [0.717, 1.165) is 44.1 Å². The maximum absolute atomic E-state index is 15.2. The van der Waals surface area contributed by atoms with Gasteiger partial charge in [0.1, 0.15) is 67.1 Å². The van der Waals surface area contributed by atoms with Gasteiger partial charge in [-0.05, 0) is 122 Å². The van der Waals surface area contributed by atoms with E-state index in [1.54, 1.807) is 0 Å². The van der Waals surface area contributed by atoms with Crippen LogP contribution in [0.25, 0.3) is 0 Å². The molecule has 0 spiro atoms. The van der Waals surface area contributed by atoms with Gasteiger partial charge in [-0.2, -0.15) is 0 Å². The number of aliphatic hydroxyl groups excluding tert-OH is 11. The second-order valence-electron chi connectivity index (χ2n) is 22.9. The summed E-state index contributed by atoms with van der Waals surface area (Å²) >= 11 is 0. The van der Waals surface area contributed by atoms with E-state index in [2.05, 4.69) is 41.2 Å². The zero-order valence-corrected chi connectivity index (χ0v) is 39.3. The van der Waals surface area contributed by atoms with Crippen molar-refractivity contribution in [1.29, 1.82) is 0 Å². The molecule has 3 saturated heterocycles. The number of aliphatic hydroxyl groups is 11. The maximum atomic E-state index is 15.2. The molecule has 0 aromatic heterocycles. The molecule has 8 aliphatic rings. The number of hydrogen-bond donors (Lipinski definition) is 11. The summed E-state index contributed by atoms with van der Waals surface area (Å²) < 4.78 is 36.1. The summed E-state index contributed by atoms with van der Waals surface area (Å²) in [6.45, 7) is 16.2. The summed E-state index contributed by atoms with van der Waals surface area (Å²) in [6, 6.07) is 0. The third kappa shape index (κ3) is 7.69. The quantitative estimate of drug-likeness (QED) is 0.0781. The second-order valence-corrected chi connectivity index (χ2v) is 22.9. The second kappa shape index (κ2) is 18.3. The molecule has 0 radical (unpaired) electrons. The van der Waals surface area contributed by atoms with Crippen LogP contribution in [0.2, 0.25) is 0 Å². The molecular weight excluding hydrogens is 865 g/mol. The molecule has 18 heteroatoms. The number of carbonyl (C=O) groups excluding carboxylic acids is 1. The van der Waals surface area contributed by atoms with Crippen molar-refractivity contribution >= 4 is 5.97 Å². The Morgan fingerprint density at radius 3 is 1.68 bits per heavy atom. The van der Waals surface area contributed by atoms with Gasteiger partial charge in [0.25, 0.3) is 0 Å². The summed E-state index contributed by atoms with van der Waals surface area (Å²) in [5.74, 6) is -0.0245. The zero-order valence-electron chi connectivity index (χ0n) is 39.3.